The number of rotatable bonds is 4. The molecular formula is C23H30N4O3. The molecule has 0 saturated carbocycles. The van der Waals surface area contributed by atoms with Gasteiger partial charge in [-0.1, -0.05) is 6.07 Å². The highest BCUT2D eigenvalue weighted by Gasteiger charge is 2.22. The molecule has 2 aromatic rings. The third-order valence-corrected chi connectivity index (χ3v) is 4.84. The average molecular weight is 411 g/mol. The Labute approximate surface area is 177 Å². The molecule has 1 aromatic heterocycles. The molecule has 0 bridgehead atoms. The average Bonchev–Trinajstić information content (AvgIpc) is 2.66. The minimum atomic E-state index is -0.535. The molecule has 0 aliphatic heterocycles. The predicted octanol–water partition coefficient (Wildman–Crippen LogP) is 4.62. The van der Waals surface area contributed by atoms with Crippen LogP contribution >= 0.6 is 0 Å². The summed E-state index contributed by atoms with van der Waals surface area (Å²) in [5.41, 5.74) is 3.16. The van der Waals surface area contributed by atoms with Gasteiger partial charge in [0, 0.05) is 26.0 Å². The van der Waals surface area contributed by atoms with Gasteiger partial charge in [0.15, 0.2) is 0 Å². The Bertz CT molecular complexity index is 917. The van der Waals surface area contributed by atoms with Gasteiger partial charge in [-0.3, -0.25) is 10.1 Å². The van der Waals surface area contributed by atoms with Gasteiger partial charge in [0.05, 0.1) is 11.6 Å². The van der Waals surface area contributed by atoms with Gasteiger partial charge in [0.25, 0.3) is 5.91 Å². The fourth-order valence-electron chi connectivity index (χ4n) is 3.51. The summed E-state index contributed by atoms with van der Waals surface area (Å²) in [7, 11) is 3.44. The van der Waals surface area contributed by atoms with Crippen molar-refractivity contribution < 1.29 is 14.3 Å². The molecule has 1 aliphatic rings. The first-order chi connectivity index (χ1) is 14.1. The number of amides is 2. The second-order valence-electron chi connectivity index (χ2n) is 8.76. The molecule has 0 radical (unpaired) electrons. The number of nitrogens with one attached hydrogen (secondary N) is 2. The highest BCUT2D eigenvalue weighted by molar-refractivity contribution is 5.93. The number of nitrogens with zero attached hydrogens (tertiary/aromatic N) is 2. The number of aromatic nitrogens is 1. The van der Waals surface area contributed by atoms with E-state index in [1.165, 1.54) is 16.0 Å². The Hall–Kier alpha value is -3.09. The van der Waals surface area contributed by atoms with Crippen LogP contribution in [0.1, 0.15) is 61.1 Å². The van der Waals surface area contributed by atoms with Crippen molar-refractivity contribution in [3.05, 3.63) is 53.2 Å². The van der Waals surface area contributed by atoms with Gasteiger partial charge >= 0.3 is 6.09 Å². The summed E-state index contributed by atoms with van der Waals surface area (Å²) in [5, 5.41) is 6.28. The Morgan fingerprint density at radius 1 is 1.17 bits per heavy atom. The molecule has 1 aromatic carbocycles. The second-order valence-corrected chi connectivity index (χ2v) is 8.76. The maximum Gasteiger partial charge on any atom is 0.412 e. The number of fused-ring (bicyclic) bond motifs is 1. The van der Waals surface area contributed by atoms with E-state index in [0.29, 0.717) is 5.56 Å². The van der Waals surface area contributed by atoms with E-state index in [9.17, 15) is 9.59 Å². The molecule has 30 heavy (non-hydrogen) atoms. The molecule has 2 amide bonds. The summed E-state index contributed by atoms with van der Waals surface area (Å²) in [6, 6.07) is 9.71. The predicted molar refractivity (Wildman–Crippen MR) is 118 cm³/mol. The molecule has 0 saturated heterocycles. The van der Waals surface area contributed by atoms with Crippen molar-refractivity contribution >= 4 is 23.5 Å². The maximum absolute atomic E-state index is 12.0. The van der Waals surface area contributed by atoms with Crippen LogP contribution in [0.3, 0.4) is 0 Å². The first-order valence-electron chi connectivity index (χ1n) is 10.2. The lowest BCUT2D eigenvalue weighted by Gasteiger charge is -2.27. The normalized spacial score (nSPS) is 15.7. The molecule has 3 rings (SSSR count). The van der Waals surface area contributed by atoms with Crippen molar-refractivity contribution in [2.24, 2.45) is 0 Å². The highest BCUT2D eigenvalue weighted by atomic mass is 16.6. The largest absolute Gasteiger partial charge is 0.444 e. The first-order valence-corrected chi connectivity index (χ1v) is 10.2. The van der Waals surface area contributed by atoms with Gasteiger partial charge in [0.1, 0.15) is 11.4 Å². The third-order valence-electron chi connectivity index (χ3n) is 4.84. The standard InChI is InChI=1S/C23H30N4O3/c1-23(2,3)30-22(29)25-17-10-11-18-15(13-17)7-6-8-19(18)26-20-12-9-16(14-24-20)21(28)27(4)5/h9-14,19H,6-8H2,1-5H3,(H,24,26)(H,25,29). The number of anilines is 2. The van der Waals surface area contributed by atoms with E-state index in [4.69, 9.17) is 4.74 Å². The fraction of sp³-hybridized carbons (Fsp3) is 0.435. The molecule has 1 heterocycles. The summed E-state index contributed by atoms with van der Waals surface area (Å²) in [6.07, 6.45) is 4.14. The minimum absolute atomic E-state index is 0.0675. The van der Waals surface area contributed by atoms with E-state index >= 15 is 0 Å². The lowest BCUT2D eigenvalue weighted by atomic mass is 9.87. The van der Waals surface area contributed by atoms with Gasteiger partial charge in [0.2, 0.25) is 0 Å². The van der Waals surface area contributed by atoms with Crippen LogP contribution in [0.5, 0.6) is 0 Å². The zero-order valence-electron chi connectivity index (χ0n) is 18.3. The Kier molecular flexibility index (Phi) is 6.29. The van der Waals surface area contributed by atoms with Crippen LogP contribution in [0.4, 0.5) is 16.3 Å². The van der Waals surface area contributed by atoms with Crippen LogP contribution in [-0.2, 0) is 11.2 Å². The Morgan fingerprint density at radius 3 is 2.57 bits per heavy atom. The van der Waals surface area contributed by atoms with Crippen molar-refractivity contribution in [3.63, 3.8) is 0 Å². The zero-order valence-corrected chi connectivity index (χ0v) is 18.3. The van der Waals surface area contributed by atoms with Crippen molar-refractivity contribution in [1.82, 2.24) is 9.88 Å². The highest BCUT2D eigenvalue weighted by Crippen LogP contribution is 2.33. The van der Waals surface area contributed by atoms with Gasteiger partial charge in [-0.15, -0.1) is 0 Å². The zero-order chi connectivity index (χ0) is 21.9. The van der Waals surface area contributed by atoms with E-state index in [1.807, 2.05) is 45.0 Å². The van der Waals surface area contributed by atoms with E-state index in [-0.39, 0.29) is 11.9 Å². The number of benzene rings is 1. The lowest BCUT2D eigenvalue weighted by Crippen LogP contribution is -2.27. The van der Waals surface area contributed by atoms with E-state index < -0.39 is 11.7 Å². The van der Waals surface area contributed by atoms with Gasteiger partial charge < -0.3 is 15.0 Å². The van der Waals surface area contributed by atoms with Crippen LogP contribution in [0.2, 0.25) is 0 Å². The van der Waals surface area contributed by atoms with Gasteiger partial charge in [-0.05, 0) is 75.4 Å². The number of aryl methyl sites for hydroxylation is 1. The summed E-state index contributed by atoms with van der Waals surface area (Å²) in [4.78, 5) is 30.0. The summed E-state index contributed by atoms with van der Waals surface area (Å²) >= 11 is 0. The Balaban J connectivity index is 1.70. The van der Waals surface area contributed by atoms with Crippen LogP contribution in [0.15, 0.2) is 36.5 Å². The van der Waals surface area contributed by atoms with Gasteiger partial charge in [-0.25, -0.2) is 9.78 Å². The van der Waals surface area contributed by atoms with Crippen molar-refractivity contribution in [3.8, 4) is 0 Å². The summed E-state index contributed by atoms with van der Waals surface area (Å²) < 4.78 is 5.33. The number of ether oxygens (including phenoxy) is 1. The Morgan fingerprint density at radius 2 is 1.93 bits per heavy atom. The van der Waals surface area contributed by atoms with E-state index in [2.05, 4.69) is 15.6 Å². The number of carbonyl (C=O) groups is 2. The molecule has 2 N–H and O–H groups in total. The smallest absolute Gasteiger partial charge is 0.412 e. The summed E-state index contributed by atoms with van der Waals surface area (Å²) in [5.74, 6) is 0.668. The molecule has 160 valence electrons. The molecular weight excluding hydrogens is 380 g/mol. The van der Waals surface area contributed by atoms with E-state index in [1.54, 1.807) is 26.4 Å². The number of hydrogen-bond acceptors (Lipinski definition) is 5. The summed E-state index contributed by atoms with van der Waals surface area (Å²) in [6.45, 7) is 5.52. The van der Waals surface area contributed by atoms with Gasteiger partial charge in [-0.2, -0.15) is 0 Å². The fourth-order valence-corrected chi connectivity index (χ4v) is 3.51. The van der Waals surface area contributed by atoms with Crippen molar-refractivity contribution in [2.75, 3.05) is 24.7 Å². The molecule has 1 aliphatic carbocycles. The number of pyridine rings is 1. The topological polar surface area (TPSA) is 83.6 Å². The van der Waals surface area contributed by atoms with Crippen LogP contribution in [-0.4, -0.2) is 41.6 Å². The first kappa shape index (κ1) is 21.6. The quantitative estimate of drug-likeness (QED) is 0.768. The second kappa shape index (κ2) is 8.73. The molecule has 1 atom stereocenters. The number of carbonyl (C=O) groups excluding carboxylic acids is 2. The minimum Gasteiger partial charge on any atom is -0.444 e. The van der Waals surface area contributed by atoms with Crippen molar-refractivity contribution in [2.45, 2.75) is 51.7 Å². The maximum atomic E-state index is 12.0. The molecule has 7 nitrogen and oxygen atoms in total. The lowest BCUT2D eigenvalue weighted by molar-refractivity contribution is 0.0635. The van der Waals surface area contributed by atoms with Crippen LogP contribution < -0.4 is 10.6 Å². The van der Waals surface area contributed by atoms with E-state index in [0.717, 1.165) is 30.8 Å². The number of hydrogen-bond donors (Lipinski definition) is 2. The molecule has 0 fully saturated rings. The molecule has 0 spiro atoms. The monoisotopic (exact) mass is 410 g/mol. The molecule has 1 unspecified atom stereocenters. The molecule has 7 heteroatoms. The van der Waals surface area contributed by atoms with Crippen LogP contribution in [0, 0.1) is 0 Å². The van der Waals surface area contributed by atoms with Crippen molar-refractivity contribution in [1.29, 1.82) is 0 Å². The third kappa shape index (κ3) is 5.49. The SMILES string of the molecule is CN(C)C(=O)c1ccc(NC2CCCc3cc(NC(=O)OC(C)(C)C)ccc32)nc1. The van der Waals surface area contributed by atoms with Crippen LogP contribution in [0.25, 0.3) is 0 Å².